The van der Waals surface area contributed by atoms with Crippen molar-refractivity contribution in [2.75, 3.05) is 20.2 Å². The molecule has 28 heavy (non-hydrogen) atoms. The number of carboxylic acid groups (broad SMARTS) is 1. The van der Waals surface area contributed by atoms with Gasteiger partial charge in [0.25, 0.3) is 5.91 Å². The van der Waals surface area contributed by atoms with E-state index in [4.69, 9.17) is 9.15 Å². The van der Waals surface area contributed by atoms with Crippen LogP contribution in [0.15, 0.2) is 52.9 Å². The van der Waals surface area contributed by atoms with E-state index in [0.29, 0.717) is 17.9 Å². The summed E-state index contributed by atoms with van der Waals surface area (Å²) in [5.41, 5.74) is 2.26. The van der Waals surface area contributed by atoms with E-state index in [1.54, 1.807) is 24.1 Å². The molecule has 3 aromatic rings. The van der Waals surface area contributed by atoms with Gasteiger partial charge in [0.15, 0.2) is 5.76 Å². The van der Waals surface area contributed by atoms with Gasteiger partial charge in [-0.1, -0.05) is 30.3 Å². The van der Waals surface area contributed by atoms with Crippen molar-refractivity contribution in [3.05, 3.63) is 65.4 Å². The summed E-state index contributed by atoms with van der Waals surface area (Å²) in [6, 6.07) is 14.9. The first-order valence-corrected chi connectivity index (χ1v) is 9.13. The van der Waals surface area contributed by atoms with Crippen molar-refractivity contribution in [1.29, 1.82) is 0 Å². The molecule has 0 radical (unpaired) electrons. The van der Waals surface area contributed by atoms with Crippen molar-refractivity contribution >= 4 is 22.8 Å². The molecular weight excluding hydrogens is 358 g/mol. The number of carboxylic acids is 1. The molecule has 1 saturated heterocycles. The van der Waals surface area contributed by atoms with E-state index in [1.807, 2.05) is 43.3 Å². The van der Waals surface area contributed by atoms with Crippen LogP contribution in [-0.2, 0) is 4.79 Å². The number of hydrogen-bond acceptors (Lipinski definition) is 4. The maximum absolute atomic E-state index is 13.1. The number of amides is 1. The minimum atomic E-state index is -0.893. The van der Waals surface area contributed by atoms with Crippen molar-refractivity contribution in [2.24, 2.45) is 5.92 Å². The number of likely N-dealkylation sites (tertiary alicyclic amines) is 1. The van der Waals surface area contributed by atoms with E-state index in [2.05, 4.69) is 0 Å². The van der Waals surface area contributed by atoms with Crippen LogP contribution in [0, 0.1) is 12.8 Å². The van der Waals surface area contributed by atoms with E-state index in [9.17, 15) is 14.7 Å². The quantitative estimate of drug-likeness (QED) is 0.748. The number of hydrogen-bond donors (Lipinski definition) is 1. The van der Waals surface area contributed by atoms with E-state index >= 15 is 0 Å². The van der Waals surface area contributed by atoms with Gasteiger partial charge in [-0.05, 0) is 30.7 Å². The van der Waals surface area contributed by atoms with Crippen LogP contribution in [0.1, 0.15) is 27.6 Å². The molecule has 2 aromatic carbocycles. The first kappa shape index (κ1) is 18.1. The summed E-state index contributed by atoms with van der Waals surface area (Å²) in [6.07, 6.45) is 0. The lowest BCUT2D eigenvalue weighted by atomic mass is 9.89. The Balaban J connectivity index is 1.66. The highest BCUT2D eigenvalue weighted by Gasteiger charge is 2.41. The second kappa shape index (κ2) is 7.03. The molecule has 1 fully saturated rings. The minimum absolute atomic E-state index is 0.160. The molecule has 1 aliphatic heterocycles. The standard InChI is InChI=1S/C22H21NO5/c1-13-16-10-15(27-2)8-9-19(16)28-20(13)21(24)23-11-17(18(12-23)22(25)26)14-6-4-3-5-7-14/h3-10,17-18H,11-12H2,1-2H3,(H,25,26)/t17-,18+/m0/s1. The number of ether oxygens (including phenoxy) is 1. The minimum Gasteiger partial charge on any atom is -0.497 e. The highest BCUT2D eigenvalue weighted by Crippen LogP contribution is 2.35. The third-order valence-corrected chi connectivity index (χ3v) is 5.49. The SMILES string of the molecule is COc1ccc2oc(C(=O)N3C[C@@H](C(=O)O)[C@H](c4ccccc4)C3)c(C)c2c1. The average Bonchev–Trinajstić information content (AvgIpc) is 3.30. The third-order valence-electron chi connectivity index (χ3n) is 5.49. The topological polar surface area (TPSA) is 80.0 Å². The van der Waals surface area contributed by atoms with Gasteiger partial charge in [-0.25, -0.2) is 0 Å². The molecule has 0 bridgehead atoms. The Morgan fingerprint density at radius 2 is 1.89 bits per heavy atom. The molecule has 0 aliphatic carbocycles. The second-order valence-electron chi connectivity index (χ2n) is 7.09. The van der Waals surface area contributed by atoms with E-state index < -0.39 is 11.9 Å². The third kappa shape index (κ3) is 3.01. The molecule has 2 heterocycles. The first-order valence-electron chi connectivity index (χ1n) is 9.13. The molecule has 0 unspecified atom stereocenters. The Hall–Kier alpha value is -3.28. The molecule has 1 amide bonds. The number of aryl methyl sites for hydroxylation is 1. The van der Waals surface area contributed by atoms with E-state index in [-0.39, 0.29) is 24.1 Å². The number of benzene rings is 2. The Morgan fingerprint density at radius 3 is 2.57 bits per heavy atom. The lowest BCUT2D eigenvalue weighted by molar-refractivity contribution is -0.141. The zero-order valence-corrected chi connectivity index (χ0v) is 15.7. The summed E-state index contributed by atoms with van der Waals surface area (Å²) in [5.74, 6) is -1.12. The van der Waals surface area contributed by atoms with Crippen molar-refractivity contribution in [3.63, 3.8) is 0 Å². The Morgan fingerprint density at radius 1 is 1.14 bits per heavy atom. The lowest BCUT2D eigenvalue weighted by Gasteiger charge is -2.15. The Bertz CT molecular complexity index is 1040. The van der Waals surface area contributed by atoms with Crippen LogP contribution in [-0.4, -0.2) is 42.1 Å². The summed E-state index contributed by atoms with van der Waals surface area (Å²) < 4.78 is 11.1. The molecule has 6 heteroatoms. The van der Waals surface area contributed by atoms with Crippen LogP contribution in [0.5, 0.6) is 5.75 Å². The number of aliphatic carboxylic acids is 1. The van der Waals surface area contributed by atoms with Gasteiger partial charge in [0, 0.05) is 30.0 Å². The van der Waals surface area contributed by atoms with Gasteiger partial charge in [-0.15, -0.1) is 0 Å². The number of furan rings is 1. The number of nitrogens with zero attached hydrogens (tertiary/aromatic N) is 1. The van der Waals surface area contributed by atoms with Gasteiger partial charge in [0.05, 0.1) is 13.0 Å². The van der Waals surface area contributed by atoms with Gasteiger partial charge in [0.1, 0.15) is 11.3 Å². The van der Waals surface area contributed by atoms with Gasteiger partial charge in [-0.2, -0.15) is 0 Å². The largest absolute Gasteiger partial charge is 0.497 e. The van der Waals surface area contributed by atoms with Gasteiger partial charge < -0.3 is 19.2 Å². The molecule has 6 nitrogen and oxygen atoms in total. The van der Waals surface area contributed by atoms with Crippen molar-refractivity contribution in [3.8, 4) is 5.75 Å². The number of carbonyl (C=O) groups excluding carboxylic acids is 1. The van der Waals surface area contributed by atoms with Gasteiger partial charge >= 0.3 is 5.97 Å². The number of rotatable bonds is 4. The fraction of sp³-hybridized carbons (Fsp3) is 0.273. The fourth-order valence-electron chi connectivity index (χ4n) is 3.93. The van der Waals surface area contributed by atoms with Crippen LogP contribution in [0.25, 0.3) is 11.0 Å². The summed E-state index contributed by atoms with van der Waals surface area (Å²) in [4.78, 5) is 26.5. The molecule has 2 atom stereocenters. The molecule has 144 valence electrons. The Kier molecular flexibility index (Phi) is 4.55. The summed E-state index contributed by atoms with van der Waals surface area (Å²) in [7, 11) is 1.59. The molecule has 0 saturated carbocycles. The normalized spacial score (nSPS) is 19.1. The van der Waals surface area contributed by atoms with Crippen LogP contribution >= 0.6 is 0 Å². The highest BCUT2D eigenvalue weighted by atomic mass is 16.5. The monoisotopic (exact) mass is 379 g/mol. The lowest BCUT2D eigenvalue weighted by Crippen LogP contribution is -2.30. The van der Waals surface area contributed by atoms with E-state index in [0.717, 1.165) is 16.5 Å². The van der Waals surface area contributed by atoms with E-state index in [1.165, 1.54) is 0 Å². The summed E-state index contributed by atoms with van der Waals surface area (Å²) in [6.45, 7) is 2.34. The average molecular weight is 379 g/mol. The summed E-state index contributed by atoms with van der Waals surface area (Å²) >= 11 is 0. The van der Waals surface area contributed by atoms with Crippen LogP contribution < -0.4 is 4.74 Å². The predicted octanol–water partition coefficient (Wildman–Crippen LogP) is 3.69. The smallest absolute Gasteiger partial charge is 0.308 e. The zero-order valence-electron chi connectivity index (χ0n) is 15.7. The Labute approximate surface area is 162 Å². The molecule has 0 spiro atoms. The van der Waals surface area contributed by atoms with Crippen LogP contribution in [0.3, 0.4) is 0 Å². The first-order chi connectivity index (χ1) is 13.5. The van der Waals surface area contributed by atoms with Crippen molar-refractivity contribution < 1.29 is 23.8 Å². The maximum Gasteiger partial charge on any atom is 0.308 e. The summed E-state index contributed by atoms with van der Waals surface area (Å²) in [5, 5.41) is 10.5. The molecule has 1 aliphatic rings. The number of fused-ring (bicyclic) bond motifs is 1. The molecule has 1 aromatic heterocycles. The predicted molar refractivity (Wildman–Crippen MR) is 104 cm³/mol. The molecular formula is C22H21NO5. The van der Waals surface area contributed by atoms with Crippen molar-refractivity contribution in [2.45, 2.75) is 12.8 Å². The van der Waals surface area contributed by atoms with Crippen LogP contribution in [0.4, 0.5) is 0 Å². The highest BCUT2D eigenvalue weighted by molar-refractivity contribution is 5.99. The van der Waals surface area contributed by atoms with Gasteiger partial charge in [0.2, 0.25) is 0 Å². The number of methoxy groups -OCH3 is 1. The number of carbonyl (C=O) groups is 2. The molecule has 4 rings (SSSR count). The fourth-order valence-corrected chi connectivity index (χ4v) is 3.93. The maximum atomic E-state index is 13.1. The van der Waals surface area contributed by atoms with Gasteiger partial charge in [-0.3, -0.25) is 9.59 Å². The molecule has 1 N–H and O–H groups in total. The van der Waals surface area contributed by atoms with Crippen molar-refractivity contribution in [1.82, 2.24) is 4.90 Å². The second-order valence-corrected chi connectivity index (χ2v) is 7.09. The zero-order chi connectivity index (χ0) is 19.8. The van der Waals surface area contributed by atoms with Crippen LogP contribution in [0.2, 0.25) is 0 Å².